The maximum Gasteiger partial charge on any atom is 0.251 e. The molecular formula is C14H17BrFNO2. The molecule has 0 saturated heterocycles. The van der Waals surface area contributed by atoms with Crippen LogP contribution < -0.4 is 10.1 Å². The lowest BCUT2D eigenvalue weighted by atomic mass is 10.1. The third-order valence-electron chi connectivity index (χ3n) is 3.44. The first-order valence-corrected chi connectivity index (χ1v) is 7.27. The van der Waals surface area contributed by atoms with Gasteiger partial charge in [-0.2, -0.15) is 0 Å². The van der Waals surface area contributed by atoms with Crippen LogP contribution in [0.5, 0.6) is 5.75 Å². The Balaban J connectivity index is 1.92. The number of carbonyl (C=O) groups is 1. The molecule has 0 aliphatic heterocycles. The summed E-state index contributed by atoms with van der Waals surface area (Å²) < 4.78 is 18.1. The molecule has 0 bridgehead atoms. The molecule has 3 nitrogen and oxygen atoms in total. The van der Waals surface area contributed by atoms with Crippen molar-refractivity contribution in [1.29, 1.82) is 0 Å². The van der Waals surface area contributed by atoms with Crippen LogP contribution in [0.3, 0.4) is 0 Å². The average molecular weight is 330 g/mol. The van der Waals surface area contributed by atoms with Crippen molar-refractivity contribution in [3.05, 3.63) is 29.6 Å². The van der Waals surface area contributed by atoms with E-state index in [4.69, 9.17) is 4.74 Å². The zero-order valence-corrected chi connectivity index (χ0v) is 12.4. The van der Waals surface area contributed by atoms with Gasteiger partial charge in [-0.1, -0.05) is 15.9 Å². The number of benzene rings is 1. The number of hydrogen-bond acceptors (Lipinski definition) is 2. The fraction of sp³-hybridized carbons (Fsp3) is 0.500. The SMILES string of the molecule is COc1cc(C(=O)NCC2CCC(Br)C2)ccc1F. The molecule has 2 unspecified atom stereocenters. The minimum absolute atomic E-state index is 0.0917. The van der Waals surface area contributed by atoms with Crippen molar-refractivity contribution in [3.63, 3.8) is 0 Å². The first-order chi connectivity index (χ1) is 9.10. The Labute approximate surface area is 120 Å². The summed E-state index contributed by atoms with van der Waals surface area (Å²) in [5.74, 6) is -0.0296. The summed E-state index contributed by atoms with van der Waals surface area (Å²) in [6.07, 6.45) is 3.38. The van der Waals surface area contributed by atoms with E-state index in [1.807, 2.05) is 0 Å². The summed E-state index contributed by atoms with van der Waals surface area (Å²) in [5.41, 5.74) is 0.423. The molecule has 104 valence electrons. The molecule has 1 aromatic rings. The Morgan fingerprint density at radius 2 is 2.32 bits per heavy atom. The standard InChI is InChI=1S/C14H17BrFNO2/c1-19-13-7-10(3-5-12(13)16)14(18)17-8-9-2-4-11(15)6-9/h3,5,7,9,11H,2,4,6,8H2,1H3,(H,17,18). The monoisotopic (exact) mass is 329 g/mol. The van der Waals surface area contributed by atoms with Crippen LogP contribution in [0.15, 0.2) is 18.2 Å². The van der Waals surface area contributed by atoms with Gasteiger partial charge in [-0.3, -0.25) is 4.79 Å². The summed E-state index contributed by atoms with van der Waals surface area (Å²) >= 11 is 3.59. The molecule has 0 spiro atoms. The molecule has 1 aliphatic carbocycles. The van der Waals surface area contributed by atoms with Crippen LogP contribution in [-0.4, -0.2) is 24.4 Å². The predicted molar refractivity (Wildman–Crippen MR) is 75.3 cm³/mol. The molecule has 5 heteroatoms. The third-order valence-corrected chi connectivity index (χ3v) is 4.27. The minimum Gasteiger partial charge on any atom is -0.494 e. The number of hydrogen-bond donors (Lipinski definition) is 1. The Bertz CT molecular complexity index is 467. The van der Waals surface area contributed by atoms with E-state index in [1.54, 1.807) is 0 Å². The highest BCUT2D eigenvalue weighted by molar-refractivity contribution is 9.09. The molecule has 1 aliphatic rings. The molecule has 19 heavy (non-hydrogen) atoms. The lowest BCUT2D eigenvalue weighted by Gasteiger charge is -2.11. The average Bonchev–Trinajstić information content (AvgIpc) is 2.82. The van der Waals surface area contributed by atoms with E-state index in [-0.39, 0.29) is 11.7 Å². The van der Waals surface area contributed by atoms with E-state index in [0.717, 1.165) is 19.3 Å². The summed E-state index contributed by atoms with van der Waals surface area (Å²) in [6.45, 7) is 0.667. The molecular weight excluding hydrogens is 313 g/mol. The Hall–Kier alpha value is -1.10. The molecule has 1 aromatic carbocycles. The largest absolute Gasteiger partial charge is 0.494 e. The van der Waals surface area contributed by atoms with Gasteiger partial charge in [0, 0.05) is 16.9 Å². The van der Waals surface area contributed by atoms with E-state index >= 15 is 0 Å². The lowest BCUT2D eigenvalue weighted by Crippen LogP contribution is -2.28. The molecule has 0 radical (unpaired) electrons. The summed E-state index contributed by atoms with van der Waals surface area (Å²) in [5, 5.41) is 2.89. The zero-order valence-electron chi connectivity index (χ0n) is 10.8. The van der Waals surface area contributed by atoms with Crippen molar-refractivity contribution in [3.8, 4) is 5.75 Å². The van der Waals surface area contributed by atoms with E-state index in [0.29, 0.717) is 22.9 Å². The maximum absolute atomic E-state index is 13.2. The van der Waals surface area contributed by atoms with Gasteiger partial charge in [0.25, 0.3) is 5.91 Å². The summed E-state index contributed by atoms with van der Waals surface area (Å²) in [6, 6.07) is 4.14. The van der Waals surface area contributed by atoms with Gasteiger partial charge in [0.05, 0.1) is 7.11 Å². The fourth-order valence-electron chi connectivity index (χ4n) is 2.34. The minimum atomic E-state index is -0.461. The van der Waals surface area contributed by atoms with Gasteiger partial charge in [0.15, 0.2) is 11.6 Å². The van der Waals surface area contributed by atoms with Crippen LogP contribution in [0.4, 0.5) is 4.39 Å². The van der Waals surface area contributed by atoms with Crippen LogP contribution in [0.25, 0.3) is 0 Å². The molecule has 1 fully saturated rings. The van der Waals surface area contributed by atoms with E-state index in [2.05, 4.69) is 21.2 Å². The summed E-state index contributed by atoms with van der Waals surface area (Å²) in [7, 11) is 1.38. The number of nitrogens with one attached hydrogen (secondary N) is 1. The Morgan fingerprint density at radius 3 is 2.95 bits per heavy atom. The number of methoxy groups -OCH3 is 1. The van der Waals surface area contributed by atoms with Gasteiger partial charge in [-0.05, 0) is 43.4 Å². The highest BCUT2D eigenvalue weighted by Gasteiger charge is 2.23. The van der Waals surface area contributed by atoms with E-state index in [1.165, 1.54) is 25.3 Å². The molecule has 1 amide bonds. The van der Waals surface area contributed by atoms with Crippen molar-refractivity contribution < 1.29 is 13.9 Å². The van der Waals surface area contributed by atoms with Gasteiger partial charge >= 0.3 is 0 Å². The second kappa shape index (κ2) is 6.37. The first-order valence-electron chi connectivity index (χ1n) is 6.36. The van der Waals surface area contributed by atoms with Gasteiger partial charge in [-0.15, -0.1) is 0 Å². The van der Waals surface area contributed by atoms with Crippen LogP contribution in [0.2, 0.25) is 0 Å². The normalized spacial score (nSPS) is 22.3. The number of alkyl halides is 1. The van der Waals surface area contributed by atoms with Crippen molar-refractivity contribution >= 4 is 21.8 Å². The highest BCUT2D eigenvalue weighted by atomic mass is 79.9. The molecule has 1 N–H and O–H groups in total. The highest BCUT2D eigenvalue weighted by Crippen LogP contribution is 2.30. The van der Waals surface area contributed by atoms with Crippen LogP contribution in [0.1, 0.15) is 29.6 Å². The number of rotatable bonds is 4. The van der Waals surface area contributed by atoms with Gasteiger partial charge < -0.3 is 10.1 Å². The zero-order chi connectivity index (χ0) is 13.8. The number of amides is 1. The van der Waals surface area contributed by atoms with Crippen LogP contribution in [-0.2, 0) is 0 Å². The third kappa shape index (κ3) is 3.69. The number of carbonyl (C=O) groups excluding carboxylic acids is 1. The molecule has 2 atom stereocenters. The topological polar surface area (TPSA) is 38.3 Å². The summed E-state index contributed by atoms with van der Waals surface area (Å²) in [4.78, 5) is 12.5. The second-order valence-electron chi connectivity index (χ2n) is 4.84. The van der Waals surface area contributed by atoms with Crippen molar-refractivity contribution in [1.82, 2.24) is 5.32 Å². The molecule has 0 aromatic heterocycles. The van der Waals surface area contributed by atoms with Gasteiger partial charge in [0.2, 0.25) is 0 Å². The quantitative estimate of drug-likeness (QED) is 0.862. The van der Waals surface area contributed by atoms with Crippen LogP contribution >= 0.6 is 15.9 Å². The first kappa shape index (κ1) is 14.3. The van der Waals surface area contributed by atoms with Gasteiger partial charge in [0.1, 0.15) is 0 Å². The molecule has 1 saturated carbocycles. The maximum atomic E-state index is 13.2. The van der Waals surface area contributed by atoms with E-state index < -0.39 is 5.82 Å². The number of ether oxygens (including phenoxy) is 1. The van der Waals surface area contributed by atoms with Crippen molar-refractivity contribution in [2.24, 2.45) is 5.92 Å². The molecule has 2 rings (SSSR count). The Kier molecular flexibility index (Phi) is 4.80. The van der Waals surface area contributed by atoms with Gasteiger partial charge in [-0.25, -0.2) is 4.39 Å². The van der Waals surface area contributed by atoms with Crippen molar-refractivity contribution in [2.75, 3.05) is 13.7 Å². The number of halogens is 2. The van der Waals surface area contributed by atoms with Crippen molar-refractivity contribution in [2.45, 2.75) is 24.1 Å². The van der Waals surface area contributed by atoms with Crippen LogP contribution in [0, 0.1) is 11.7 Å². The molecule has 0 heterocycles. The second-order valence-corrected chi connectivity index (χ2v) is 6.13. The smallest absolute Gasteiger partial charge is 0.251 e. The van der Waals surface area contributed by atoms with E-state index in [9.17, 15) is 9.18 Å². The lowest BCUT2D eigenvalue weighted by molar-refractivity contribution is 0.0947. The Morgan fingerprint density at radius 1 is 1.53 bits per heavy atom. The fourth-order valence-corrected chi connectivity index (χ4v) is 3.13. The predicted octanol–water partition coefficient (Wildman–Crippen LogP) is 3.13.